The van der Waals surface area contributed by atoms with Crippen LogP contribution in [0.2, 0.25) is 0 Å². The number of furan rings is 1. The summed E-state index contributed by atoms with van der Waals surface area (Å²) in [6.45, 7) is 0. The van der Waals surface area contributed by atoms with Crippen LogP contribution < -0.4 is 0 Å². The summed E-state index contributed by atoms with van der Waals surface area (Å²) in [5.74, 6) is 0. The molecule has 0 atom stereocenters. The van der Waals surface area contributed by atoms with Gasteiger partial charge in [0.2, 0.25) is 0 Å². The minimum Gasteiger partial charge on any atom is -0.456 e. The Kier molecular flexibility index (Phi) is 5.32. The highest BCUT2D eigenvalue weighted by molar-refractivity contribution is 6.17. The van der Waals surface area contributed by atoms with Gasteiger partial charge in [-0.1, -0.05) is 91.0 Å². The van der Waals surface area contributed by atoms with E-state index in [2.05, 4.69) is 143 Å². The molecule has 3 heterocycles. The Morgan fingerprint density at radius 3 is 1.72 bits per heavy atom. The molecule has 0 unspecified atom stereocenters. The summed E-state index contributed by atoms with van der Waals surface area (Å²) in [6.07, 6.45) is 0. The molecule has 10 aromatic rings. The molecule has 0 amide bonds. The number of hydrogen-bond acceptors (Lipinski definition) is 2. The maximum atomic E-state index is 10.3. The molecule has 0 fully saturated rings. The van der Waals surface area contributed by atoms with Gasteiger partial charge in [0.1, 0.15) is 11.2 Å². The summed E-state index contributed by atoms with van der Waals surface area (Å²) >= 11 is 0. The predicted molar refractivity (Wildman–Crippen MR) is 193 cm³/mol. The molecule has 0 bridgehead atoms. The first-order chi connectivity index (χ1) is 23.3. The lowest BCUT2D eigenvalue weighted by molar-refractivity contribution is 0.669. The second-order valence-electron chi connectivity index (χ2n) is 12.0. The molecule has 3 aromatic heterocycles. The van der Waals surface area contributed by atoms with Crippen LogP contribution in [-0.2, 0) is 0 Å². The first-order valence-electron chi connectivity index (χ1n) is 15.8. The van der Waals surface area contributed by atoms with Crippen molar-refractivity contribution in [3.05, 3.63) is 157 Å². The van der Waals surface area contributed by atoms with E-state index in [0.717, 1.165) is 66.5 Å². The van der Waals surface area contributed by atoms with E-state index in [1.165, 1.54) is 21.5 Å². The van der Waals surface area contributed by atoms with Crippen LogP contribution in [0.15, 0.2) is 156 Å². The normalized spacial score (nSPS) is 11.8. The number of para-hydroxylation sites is 4. The van der Waals surface area contributed by atoms with Gasteiger partial charge >= 0.3 is 0 Å². The third-order valence-electron chi connectivity index (χ3n) is 9.57. The molecular weight excluding hydrogens is 574 g/mol. The molecule has 10 rings (SSSR count). The van der Waals surface area contributed by atoms with E-state index in [1.807, 2.05) is 24.3 Å². The molecule has 0 aliphatic heterocycles. The van der Waals surface area contributed by atoms with Crippen LogP contribution in [0.3, 0.4) is 0 Å². The van der Waals surface area contributed by atoms with Gasteiger partial charge in [-0.3, -0.25) is 0 Å². The number of aromatic nitrogens is 2. The third kappa shape index (κ3) is 3.63. The van der Waals surface area contributed by atoms with Gasteiger partial charge in [0.15, 0.2) is 0 Å². The van der Waals surface area contributed by atoms with E-state index in [9.17, 15) is 5.26 Å². The molecule has 47 heavy (non-hydrogen) atoms. The van der Waals surface area contributed by atoms with Crippen molar-refractivity contribution in [2.75, 3.05) is 0 Å². The minimum atomic E-state index is 0.640. The van der Waals surface area contributed by atoms with Crippen molar-refractivity contribution in [3.63, 3.8) is 0 Å². The molecule has 0 saturated carbocycles. The van der Waals surface area contributed by atoms with Gasteiger partial charge in [0, 0.05) is 49.6 Å². The quantitative estimate of drug-likeness (QED) is 0.203. The van der Waals surface area contributed by atoms with E-state index >= 15 is 0 Å². The highest BCUT2D eigenvalue weighted by Crippen LogP contribution is 2.40. The standard InChI is InChI=1S/C43H25N3O/c44-26-28-10-9-18-39(46-37-16-6-1-11-30(37)31-12-2-7-17-38(31)46)43(28)27-20-22-29(23-21-27)45-36-15-5-3-13-32(36)34-24-35-33-14-4-8-19-41(33)47-42(35)25-40(34)45/h1-25H. The fourth-order valence-corrected chi connectivity index (χ4v) is 7.55. The Morgan fingerprint density at radius 1 is 0.447 bits per heavy atom. The second kappa shape index (κ2) is 9.71. The number of nitrogens with zero attached hydrogens (tertiary/aromatic N) is 3. The van der Waals surface area contributed by atoms with Crippen molar-refractivity contribution in [2.45, 2.75) is 0 Å². The molecule has 0 aliphatic rings. The van der Waals surface area contributed by atoms with Crippen LogP contribution in [-0.4, -0.2) is 9.13 Å². The van der Waals surface area contributed by atoms with Crippen molar-refractivity contribution < 1.29 is 4.42 Å². The summed E-state index contributed by atoms with van der Waals surface area (Å²) in [4.78, 5) is 0. The van der Waals surface area contributed by atoms with E-state index in [-0.39, 0.29) is 0 Å². The first-order valence-corrected chi connectivity index (χ1v) is 15.8. The minimum absolute atomic E-state index is 0.640. The topological polar surface area (TPSA) is 46.8 Å². The molecule has 7 aromatic carbocycles. The van der Waals surface area contributed by atoms with Crippen LogP contribution in [0.5, 0.6) is 0 Å². The zero-order valence-electron chi connectivity index (χ0n) is 25.2. The van der Waals surface area contributed by atoms with Gasteiger partial charge < -0.3 is 13.6 Å². The zero-order valence-corrected chi connectivity index (χ0v) is 25.2. The monoisotopic (exact) mass is 599 g/mol. The molecule has 4 heteroatoms. The van der Waals surface area contributed by atoms with Crippen LogP contribution in [0.4, 0.5) is 0 Å². The van der Waals surface area contributed by atoms with E-state index in [4.69, 9.17) is 4.42 Å². The van der Waals surface area contributed by atoms with Gasteiger partial charge in [-0.25, -0.2) is 0 Å². The number of benzene rings is 7. The fourth-order valence-electron chi connectivity index (χ4n) is 7.55. The summed E-state index contributed by atoms with van der Waals surface area (Å²) < 4.78 is 10.9. The average molecular weight is 600 g/mol. The highest BCUT2D eigenvalue weighted by atomic mass is 16.3. The Balaban J connectivity index is 1.19. The van der Waals surface area contributed by atoms with E-state index in [1.54, 1.807) is 0 Å². The summed E-state index contributed by atoms with van der Waals surface area (Å²) in [7, 11) is 0. The lowest BCUT2D eigenvalue weighted by atomic mass is 9.97. The first kappa shape index (κ1) is 25.7. The molecule has 0 radical (unpaired) electrons. The Hall–Kier alpha value is -6.57. The summed E-state index contributed by atoms with van der Waals surface area (Å²) in [6, 6.07) is 55.3. The number of fused-ring (bicyclic) bond motifs is 9. The van der Waals surface area contributed by atoms with E-state index in [0.29, 0.717) is 5.56 Å². The van der Waals surface area contributed by atoms with Crippen LogP contribution in [0, 0.1) is 11.3 Å². The predicted octanol–water partition coefficient (Wildman–Crippen LogP) is 11.3. The average Bonchev–Trinajstić information content (AvgIpc) is 3.77. The van der Waals surface area contributed by atoms with Crippen LogP contribution in [0.1, 0.15) is 5.56 Å². The van der Waals surface area contributed by atoms with E-state index < -0.39 is 0 Å². The number of hydrogen-bond donors (Lipinski definition) is 0. The van der Waals surface area contributed by atoms with Gasteiger partial charge in [0.05, 0.1) is 39.4 Å². The maximum Gasteiger partial charge on any atom is 0.137 e. The zero-order chi connectivity index (χ0) is 31.1. The van der Waals surface area contributed by atoms with Crippen molar-refractivity contribution in [1.82, 2.24) is 9.13 Å². The Labute approximate surface area is 269 Å². The van der Waals surface area contributed by atoms with Gasteiger partial charge in [-0.2, -0.15) is 5.26 Å². The number of rotatable bonds is 3. The van der Waals surface area contributed by atoms with Crippen molar-refractivity contribution in [1.29, 1.82) is 5.26 Å². The second-order valence-corrected chi connectivity index (χ2v) is 12.0. The molecule has 0 spiro atoms. The maximum absolute atomic E-state index is 10.3. The molecule has 4 nitrogen and oxygen atoms in total. The van der Waals surface area contributed by atoms with Crippen molar-refractivity contribution in [2.24, 2.45) is 0 Å². The van der Waals surface area contributed by atoms with Gasteiger partial charge in [-0.15, -0.1) is 0 Å². The van der Waals surface area contributed by atoms with Crippen molar-refractivity contribution in [3.8, 4) is 28.6 Å². The third-order valence-corrected chi connectivity index (χ3v) is 9.57. The highest BCUT2D eigenvalue weighted by Gasteiger charge is 2.19. The van der Waals surface area contributed by atoms with Crippen LogP contribution >= 0.6 is 0 Å². The molecule has 218 valence electrons. The van der Waals surface area contributed by atoms with Crippen molar-refractivity contribution >= 4 is 65.6 Å². The lowest BCUT2D eigenvalue weighted by Crippen LogP contribution is -2.00. The summed E-state index contributed by atoms with van der Waals surface area (Å²) in [5.41, 5.74) is 10.8. The number of nitriles is 1. The van der Waals surface area contributed by atoms with Gasteiger partial charge in [0.25, 0.3) is 0 Å². The smallest absolute Gasteiger partial charge is 0.137 e. The summed E-state index contributed by atoms with van der Waals surface area (Å²) in [5, 5.41) is 17.4. The fraction of sp³-hybridized carbons (Fsp3) is 0. The Morgan fingerprint density at radius 2 is 1.04 bits per heavy atom. The lowest BCUT2D eigenvalue weighted by Gasteiger charge is -2.16. The van der Waals surface area contributed by atoms with Gasteiger partial charge in [-0.05, 0) is 60.2 Å². The largest absolute Gasteiger partial charge is 0.456 e. The molecule has 0 saturated heterocycles. The molecule has 0 aliphatic carbocycles. The molecule has 0 N–H and O–H groups in total. The van der Waals surface area contributed by atoms with Crippen LogP contribution in [0.25, 0.3) is 88.1 Å². The molecular formula is C43H25N3O. The SMILES string of the molecule is N#Cc1cccc(-n2c3ccccc3c3ccccc32)c1-c1ccc(-n2c3ccccc3c3cc4c(cc32)oc2ccccc24)cc1. The Bertz CT molecular complexity index is 2860.